The number of phenolic OH excluding ortho intramolecular Hbond substituents is 1. The maximum atomic E-state index is 14.2. The van der Waals surface area contributed by atoms with Crippen LogP contribution in [0.4, 0.5) is 40.7 Å². The Kier molecular flexibility index (Phi) is 5.65. The highest BCUT2D eigenvalue weighted by atomic mass is 19.1. The van der Waals surface area contributed by atoms with Gasteiger partial charge in [-0.15, -0.1) is 0 Å². The molecule has 12 heteroatoms. The topological polar surface area (TPSA) is 97.1 Å². The van der Waals surface area contributed by atoms with Crippen LogP contribution in [0.1, 0.15) is 18.9 Å². The molecule has 2 aromatic heterocycles. The number of aromatic nitrogens is 4. The number of fused-ring (bicyclic) bond motifs is 1. The predicted octanol–water partition coefficient (Wildman–Crippen LogP) is 4.93. The minimum Gasteiger partial charge on any atom is -0.508 e. The van der Waals surface area contributed by atoms with Gasteiger partial charge in [0, 0.05) is 37.6 Å². The number of hydrogen-bond acceptors (Lipinski definition) is 7. The number of rotatable bonds is 5. The lowest BCUT2D eigenvalue weighted by Gasteiger charge is -2.22. The summed E-state index contributed by atoms with van der Waals surface area (Å²) in [5.74, 6) is -4.08. The molecular weight excluding hydrogens is 456 g/mol. The number of nitrogens with zero attached hydrogens (tertiary/aromatic N) is 4. The maximum Gasteiger partial charge on any atom is 0.229 e. The van der Waals surface area contributed by atoms with E-state index in [-0.39, 0.29) is 29.2 Å². The fourth-order valence-corrected chi connectivity index (χ4v) is 3.77. The van der Waals surface area contributed by atoms with Gasteiger partial charge in [-0.2, -0.15) is 10.1 Å². The first-order valence-corrected chi connectivity index (χ1v) is 10.4. The number of anilines is 4. The molecule has 1 saturated heterocycles. The number of halogens is 4. The molecule has 0 aliphatic carbocycles. The van der Waals surface area contributed by atoms with Gasteiger partial charge in [-0.1, -0.05) is 0 Å². The molecule has 0 bridgehead atoms. The van der Waals surface area contributed by atoms with Gasteiger partial charge in [-0.05, 0) is 25.0 Å². The molecule has 34 heavy (non-hydrogen) atoms. The zero-order chi connectivity index (χ0) is 23.8. The van der Waals surface area contributed by atoms with E-state index in [1.165, 1.54) is 18.3 Å². The van der Waals surface area contributed by atoms with E-state index in [1.54, 1.807) is 4.68 Å². The van der Waals surface area contributed by atoms with Crippen LogP contribution in [0, 0.1) is 23.3 Å². The molecule has 0 amide bonds. The Morgan fingerprint density at radius 3 is 2.41 bits per heavy atom. The van der Waals surface area contributed by atoms with Crippen LogP contribution >= 0.6 is 0 Å². The molecule has 5 rings (SSSR count). The molecule has 2 aromatic carbocycles. The summed E-state index contributed by atoms with van der Waals surface area (Å²) in [6.07, 6.45) is 2.65. The minimum absolute atomic E-state index is 0.0445. The van der Waals surface area contributed by atoms with Crippen LogP contribution in [0.5, 0.6) is 5.75 Å². The second kappa shape index (κ2) is 8.78. The smallest absolute Gasteiger partial charge is 0.229 e. The quantitative estimate of drug-likeness (QED) is 0.279. The Labute approximate surface area is 190 Å². The summed E-state index contributed by atoms with van der Waals surface area (Å²) >= 11 is 0. The van der Waals surface area contributed by atoms with Gasteiger partial charge >= 0.3 is 0 Å². The van der Waals surface area contributed by atoms with Gasteiger partial charge in [0.1, 0.15) is 23.1 Å². The third-order valence-corrected chi connectivity index (χ3v) is 5.43. The minimum atomic E-state index is -1.12. The van der Waals surface area contributed by atoms with Crippen molar-refractivity contribution in [2.45, 2.75) is 18.9 Å². The number of phenols is 1. The van der Waals surface area contributed by atoms with Crippen LogP contribution < -0.4 is 10.6 Å². The van der Waals surface area contributed by atoms with Crippen molar-refractivity contribution in [3.8, 4) is 5.75 Å². The van der Waals surface area contributed by atoms with E-state index in [0.717, 1.165) is 6.07 Å². The summed E-state index contributed by atoms with van der Waals surface area (Å²) in [5, 5.41) is 19.6. The molecule has 1 aliphatic heterocycles. The van der Waals surface area contributed by atoms with Crippen molar-refractivity contribution in [3.05, 3.63) is 59.8 Å². The lowest BCUT2D eigenvalue weighted by Crippen LogP contribution is -2.21. The van der Waals surface area contributed by atoms with E-state index in [1.807, 2.05) is 0 Å². The van der Waals surface area contributed by atoms with Gasteiger partial charge in [-0.3, -0.25) is 0 Å². The standard InChI is InChI=1S/C22H18F4N6O2/c23-11-7-16(25)19(17(26)8-11)29-20-14-10-27-22(28-18-2-1-13(33)9-15(18)24)30-21(14)32(31-20)12-3-5-34-6-4-12/h1-2,7-10,12,33H,3-6H2,(H,29,31)(H,27,28,30). The van der Waals surface area contributed by atoms with Crippen molar-refractivity contribution < 1.29 is 27.4 Å². The number of ether oxygens (including phenoxy) is 1. The fourth-order valence-electron chi connectivity index (χ4n) is 3.77. The van der Waals surface area contributed by atoms with Crippen molar-refractivity contribution >= 4 is 34.2 Å². The van der Waals surface area contributed by atoms with Gasteiger partial charge in [0.05, 0.1) is 17.1 Å². The van der Waals surface area contributed by atoms with Crippen molar-refractivity contribution in [2.24, 2.45) is 0 Å². The van der Waals surface area contributed by atoms with Crippen molar-refractivity contribution in [1.29, 1.82) is 0 Å². The first-order chi connectivity index (χ1) is 16.4. The third kappa shape index (κ3) is 4.19. The predicted molar refractivity (Wildman–Crippen MR) is 115 cm³/mol. The van der Waals surface area contributed by atoms with Crippen LogP contribution in [-0.4, -0.2) is 38.1 Å². The summed E-state index contributed by atoms with van der Waals surface area (Å²) in [6.45, 7) is 1.01. The van der Waals surface area contributed by atoms with Crippen LogP contribution in [0.3, 0.4) is 0 Å². The summed E-state index contributed by atoms with van der Waals surface area (Å²) in [4.78, 5) is 8.62. The maximum absolute atomic E-state index is 14.2. The largest absolute Gasteiger partial charge is 0.508 e. The van der Waals surface area contributed by atoms with Crippen LogP contribution in [-0.2, 0) is 4.74 Å². The Bertz CT molecular complexity index is 1350. The number of benzene rings is 2. The summed E-state index contributed by atoms with van der Waals surface area (Å²) in [5.41, 5.74) is -0.176. The van der Waals surface area contributed by atoms with Gasteiger partial charge in [0.15, 0.2) is 23.1 Å². The highest BCUT2D eigenvalue weighted by Gasteiger charge is 2.24. The van der Waals surface area contributed by atoms with E-state index in [2.05, 4.69) is 25.7 Å². The first-order valence-electron chi connectivity index (χ1n) is 10.4. The van der Waals surface area contributed by atoms with Crippen LogP contribution in [0.25, 0.3) is 11.0 Å². The molecule has 1 fully saturated rings. The summed E-state index contributed by atoms with van der Waals surface area (Å²) < 4.78 is 63.0. The average Bonchev–Trinajstić information content (AvgIpc) is 3.16. The fraction of sp³-hybridized carbons (Fsp3) is 0.227. The molecule has 0 saturated carbocycles. The van der Waals surface area contributed by atoms with Gasteiger partial charge in [0.2, 0.25) is 5.95 Å². The van der Waals surface area contributed by atoms with E-state index < -0.39 is 29.0 Å². The van der Waals surface area contributed by atoms with Crippen molar-refractivity contribution in [3.63, 3.8) is 0 Å². The third-order valence-electron chi connectivity index (χ3n) is 5.43. The summed E-state index contributed by atoms with van der Waals surface area (Å²) in [6, 6.07) is 4.61. The molecule has 0 radical (unpaired) electrons. The van der Waals surface area contributed by atoms with E-state index in [9.17, 15) is 22.7 Å². The first kappa shape index (κ1) is 21.9. The molecule has 3 N–H and O–H groups in total. The molecule has 3 heterocycles. The number of hydrogen-bond donors (Lipinski definition) is 3. The number of nitrogens with one attached hydrogen (secondary N) is 2. The molecule has 8 nitrogen and oxygen atoms in total. The van der Waals surface area contributed by atoms with E-state index in [4.69, 9.17) is 4.74 Å². The monoisotopic (exact) mass is 474 g/mol. The van der Waals surface area contributed by atoms with Crippen molar-refractivity contribution in [1.82, 2.24) is 19.7 Å². The second-order valence-electron chi connectivity index (χ2n) is 7.73. The van der Waals surface area contributed by atoms with Crippen molar-refractivity contribution in [2.75, 3.05) is 23.8 Å². The summed E-state index contributed by atoms with van der Waals surface area (Å²) in [7, 11) is 0. The van der Waals surface area contributed by atoms with Gasteiger partial charge < -0.3 is 20.5 Å². The Balaban J connectivity index is 1.57. The van der Waals surface area contributed by atoms with Gasteiger partial charge in [0.25, 0.3) is 0 Å². The van der Waals surface area contributed by atoms with Crippen LogP contribution in [0.15, 0.2) is 36.5 Å². The second-order valence-corrected chi connectivity index (χ2v) is 7.73. The van der Waals surface area contributed by atoms with Gasteiger partial charge in [-0.25, -0.2) is 27.2 Å². The highest BCUT2D eigenvalue weighted by Crippen LogP contribution is 2.33. The SMILES string of the molecule is Oc1ccc(Nc2ncc3c(Nc4c(F)cc(F)cc4F)nn(C4CCOCC4)c3n2)c(F)c1. The molecule has 1 aliphatic rings. The Hall–Kier alpha value is -3.93. The Morgan fingerprint density at radius 1 is 0.971 bits per heavy atom. The lowest BCUT2D eigenvalue weighted by atomic mass is 10.1. The molecule has 0 atom stereocenters. The average molecular weight is 474 g/mol. The highest BCUT2D eigenvalue weighted by molar-refractivity contribution is 5.90. The van der Waals surface area contributed by atoms with Crippen LogP contribution in [0.2, 0.25) is 0 Å². The molecular formula is C22H18F4N6O2. The molecule has 0 spiro atoms. The lowest BCUT2D eigenvalue weighted by molar-refractivity contribution is 0.0674. The number of aromatic hydroxyl groups is 1. The normalized spacial score (nSPS) is 14.5. The zero-order valence-corrected chi connectivity index (χ0v) is 17.5. The van der Waals surface area contributed by atoms with E-state index in [0.29, 0.717) is 49.2 Å². The Morgan fingerprint density at radius 2 is 1.71 bits per heavy atom. The zero-order valence-electron chi connectivity index (χ0n) is 17.5. The molecule has 4 aromatic rings. The molecule has 176 valence electrons. The molecule has 0 unspecified atom stereocenters. The van der Waals surface area contributed by atoms with E-state index >= 15 is 0 Å².